The topological polar surface area (TPSA) is 65.7 Å². The largest absolute Gasteiger partial charge is 0.323 e. The van der Waals surface area contributed by atoms with Gasteiger partial charge in [-0.15, -0.1) is 11.8 Å². The van der Waals surface area contributed by atoms with Gasteiger partial charge in [-0.3, -0.25) is 4.79 Å². The summed E-state index contributed by atoms with van der Waals surface area (Å²) >= 11 is 5.02. The van der Waals surface area contributed by atoms with E-state index in [1.165, 1.54) is 0 Å². The van der Waals surface area contributed by atoms with Crippen LogP contribution < -0.4 is 5.69 Å². The third kappa shape index (κ3) is 2.69. The van der Waals surface area contributed by atoms with Crippen molar-refractivity contribution in [3.05, 3.63) is 62.5 Å². The summed E-state index contributed by atoms with van der Waals surface area (Å²) in [7, 11) is 0. The van der Waals surface area contributed by atoms with Crippen LogP contribution in [0, 0.1) is 0 Å². The zero-order valence-electron chi connectivity index (χ0n) is 11.1. The molecular formula is C15H11BrN2O2S. The number of hydrogen-bond acceptors (Lipinski definition) is 3. The van der Waals surface area contributed by atoms with Gasteiger partial charge in [0.1, 0.15) is 0 Å². The number of carbonyl (C=O) groups is 1. The van der Waals surface area contributed by atoms with Crippen LogP contribution >= 0.6 is 27.7 Å². The summed E-state index contributed by atoms with van der Waals surface area (Å²) in [6.07, 6.45) is 1.99. The number of ketones is 1. The standard InChI is InChI=1S/C15H11BrN2O2S/c1-21-9-4-2-8(3-5-9)14(19)10-6-12-13(7-11(10)16)18-15(20)17-12/h2-7H,1H3,(H2,17,18,20). The Labute approximate surface area is 133 Å². The fourth-order valence-corrected chi connectivity index (χ4v) is 3.06. The van der Waals surface area contributed by atoms with Crippen molar-refractivity contribution >= 4 is 44.5 Å². The summed E-state index contributed by atoms with van der Waals surface area (Å²) in [5, 5.41) is 0. The van der Waals surface area contributed by atoms with Crippen LogP contribution in [0.2, 0.25) is 0 Å². The maximum Gasteiger partial charge on any atom is 0.323 e. The quantitative estimate of drug-likeness (QED) is 0.552. The Hall–Kier alpha value is -1.79. The Morgan fingerprint density at radius 2 is 1.71 bits per heavy atom. The minimum atomic E-state index is -0.286. The van der Waals surface area contributed by atoms with Crippen LogP contribution in [-0.2, 0) is 0 Å². The smallest absolute Gasteiger partial charge is 0.306 e. The van der Waals surface area contributed by atoms with E-state index in [1.54, 1.807) is 23.9 Å². The van der Waals surface area contributed by atoms with Crippen LogP contribution in [0.3, 0.4) is 0 Å². The molecule has 3 aromatic rings. The van der Waals surface area contributed by atoms with E-state index in [0.29, 0.717) is 26.6 Å². The Kier molecular flexibility index (Phi) is 3.73. The molecule has 0 aliphatic heterocycles. The third-order valence-corrected chi connectivity index (χ3v) is 4.60. The zero-order valence-corrected chi connectivity index (χ0v) is 13.5. The van der Waals surface area contributed by atoms with E-state index in [0.717, 1.165) is 4.90 Å². The first-order valence-corrected chi connectivity index (χ1v) is 8.20. The highest BCUT2D eigenvalue weighted by molar-refractivity contribution is 9.10. The average molecular weight is 363 g/mol. The van der Waals surface area contributed by atoms with E-state index in [-0.39, 0.29) is 11.5 Å². The molecule has 0 bridgehead atoms. The van der Waals surface area contributed by atoms with Crippen LogP contribution in [0.15, 0.2) is 50.6 Å². The van der Waals surface area contributed by atoms with Crippen molar-refractivity contribution in [1.29, 1.82) is 0 Å². The minimum Gasteiger partial charge on any atom is -0.306 e. The van der Waals surface area contributed by atoms with E-state index in [4.69, 9.17) is 0 Å². The fourth-order valence-electron chi connectivity index (χ4n) is 2.13. The van der Waals surface area contributed by atoms with E-state index < -0.39 is 0 Å². The second kappa shape index (κ2) is 5.54. The van der Waals surface area contributed by atoms with Gasteiger partial charge >= 0.3 is 5.69 Å². The van der Waals surface area contributed by atoms with Crippen molar-refractivity contribution in [3.8, 4) is 0 Å². The second-order valence-corrected chi connectivity index (χ2v) is 6.25. The molecule has 106 valence electrons. The molecule has 0 saturated heterocycles. The van der Waals surface area contributed by atoms with Gasteiger partial charge in [0.15, 0.2) is 5.78 Å². The first-order valence-electron chi connectivity index (χ1n) is 6.19. The van der Waals surface area contributed by atoms with Crippen LogP contribution in [-0.4, -0.2) is 22.0 Å². The zero-order chi connectivity index (χ0) is 15.0. The molecule has 0 saturated carbocycles. The molecule has 0 fully saturated rings. The Balaban J connectivity index is 2.07. The van der Waals surface area contributed by atoms with Crippen molar-refractivity contribution in [1.82, 2.24) is 9.97 Å². The lowest BCUT2D eigenvalue weighted by atomic mass is 10.0. The lowest BCUT2D eigenvalue weighted by molar-refractivity contribution is 0.103. The first kappa shape index (κ1) is 14.2. The van der Waals surface area contributed by atoms with Crippen molar-refractivity contribution < 1.29 is 4.79 Å². The lowest BCUT2D eigenvalue weighted by Gasteiger charge is -2.05. The highest BCUT2D eigenvalue weighted by atomic mass is 79.9. The number of aromatic nitrogens is 2. The molecule has 0 amide bonds. The molecule has 2 N–H and O–H groups in total. The van der Waals surface area contributed by atoms with E-state index in [1.807, 2.05) is 30.5 Å². The van der Waals surface area contributed by atoms with Gasteiger partial charge in [0.25, 0.3) is 0 Å². The molecule has 0 aliphatic rings. The van der Waals surface area contributed by atoms with Crippen molar-refractivity contribution in [2.24, 2.45) is 0 Å². The summed E-state index contributed by atoms with van der Waals surface area (Å²) < 4.78 is 0.657. The molecule has 21 heavy (non-hydrogen) atoms. The number of thioether (sulfide) groups is 1. The average Bonchev–Trinajstić information content (AvgIpc) is 2.85. The number of H-pyrrole nitrogens is 2. The molecule has 0 unspecified atom stereocenters. The van der Waals surface area contributed by atoms with Gasteiger partial charge in [0.2, 0.25) is 0 Å². The molecule has 0 atom stereocenters. The minimum absolute atomic E-state index is 0.0847. The Morgan fingerprint density at radius 3 is 2.33 bits per heavy atom. The maximum absolute atomic E-state index is 12.6. The van der Waals surface area contributed by atoms with Gasteiger partial charge in [0, 0.05) is 20.5 Å². The molecule has 6 heteroatoms. The van der Waals surface area contributed by atoms with Crippen LogP contribution in [0.4, 0.5) is 0 Å². The number of imidazole rings is 1. The predicted molar refractivity (Wildman–Crippen MR) is 88.3 cm³/mol. The van der Waals surface area contributed by atoms with Gasteiger partial charge in [-0.2, -0.15) is 0 Å². The molecule has 3 rings (SSSR count). The summed E-state index contributed by atoms with van der Waals surface area (Å²) in [5.74, 6) is -0.0847. The Bertz CT molecular complexity index is 881. The number of hydrogen-bond donors (Lipinski definition) is 2. The molecule has 4 nitrogen and oxygen atoms in total. The second-order valence-electron chi connectivity index (χ2n) is 4.51. The maximum atomic E-state index is 12.6. The van der Waals surface area contributed by atoms with Crippen LogP contribution in [0.1, 0.15) is 15.9 Å². The molecule has 1 aromatic heterocycles. The van der Waals surface area contributed by atoms with E-state index in [2.05, 4.69) is 25.9 Å². The predicted octanol–water partition coefficient (Wildman–Crippen LogP) is 3.57. The summed E-state index contributed by atoms with van der Waals surface area (Å²) in [4.78, 5) is 30.3. The van der Waals surface area contributed by atoms with Gasteiger partial charge < -0.3 is 9.97 Å². The van der Waals surface area contributed by atoms with E-state index >= 15 is 0 Å². The monoisotopic (exact) mass is 362 g/mol. The number of carbonyl (C=O) groups excluding carboxylic acids is 1. The fraction of sp³-hybridized carbons (Fsp3) is 0.0667. The SMILES string of the molecule is CSc1ccc(C(=O)c2cc3[nH]c(=O)[nH]c3cc2Br)cc1. The highest BCUT2D eigenvalue weighted by Crippen LogP contribution is 2.25. The first-order chi connectivity index (χ1) is 10.1. The number of rotatable bonds is 3. The van der Waals surface area contributed by atoms with Gasteiger partial charge in [-0.25, -0.2) is 4.79 Å². The summed E-state index contributed by atoms with van der Waals surface area (Å²) in [6, 6.07) is 10.9. The molecule has 1 heterocycles. The van der Waals surface area contributed by atoms with Crippen molar-refractivity contribution in [2.75, 3.05) is 6.26 Å². The summed E-state index contributed by atoms with van der Waals surface area (Å²) in [5.41, 5.74) is 2.14. The number of benzene rings is 2. The van der Waals surface area contributed by atoms with Crippen LogP contribution in [0.25, 0.3) is 11.0 Å². The van der Waals surface area contributed by atoms with Gasteiger partial charge in [-0.1, -0.05) is 0 Å². The molecule has 0 radical (unpaired) electrons. The van der Waals surface area contributed by atoms with Crippen LogP contribution in [0.5, 0.6) is 0 Å². The number of halogens is 1. The van der Waals surface area contributed by atoms with Crippen molar-refractivity contribution in [3.63, 3.8) is 0 Å². The number of nitrogens with one attached hydrogen (secondary N) is 2. The number of aromatic amines is 2. The van der Waals surface area contributed by atoms with Crippen molar-refractivity contribution in [2.45, 2.75) is 4.90 Å². The molecular weight excluding hydrogens is 352 g/mol. The highest BCUT2D eigenvalue weighted by Gasteiger charge is 2.14. The Morgan fingerprint density at radius 1 is 1.10 bits per heavy atom. The van der Waals surface area contributed by atoms with Gasteiger partial charge in [-0.05, 0) is 58.6 Å². The number of fused-ring (bicyclic) bond motifs is 1. The molecule has 0 aliphatic carbocycles. The lowest BCUT2D eigenvalue weighted by Crippen LogP contribution is -2.02. The third-order valence-electron chi connectivity index (χ3n) is 3.20. The normalized spacial score (nSPS) is 11.0. The molecule has 0 spiro atoms. The summed E-state index contributed by atoms with van der Waals surface area (Å²) in [6.45, 7) is 0. The van der Waals surface area contributed by atoms with E-state index in [9.17, 15) is 9.59 Å². The molecule has 2 aromatic carbocycles. The van der Waals surface area contributed by atoms with Gasteiger partial charge in [0.05, 0.1) is 11.0 Å².